The van der Waals surface area contributed by atoms with E-state index in [0.717, 1.165) is 22.1 Å². The zero-order valence-corrected chi connectivity index (χ0v) is 13.5. The Morgan fingerprint density at radius 2 is 1.86 bits per heavy atom. The maximum Gasteiger partial charge on any atom is 0.227 e. The molecule has 0 aliphatic heterocycles. The molecule has 0 aliphatic carbocycles. The zero-order chi connectivity index (χ0) is 16.3. The summed E-state index contributed by atoms with van der Waals surface area (Å²) in [4.78, 5) is 12.3. The number of hydrogen-bond donors (Lipinski definition) is 2. The van der Waals surface area contributed by atoms with Gasteiger partial charge < -0.3 is 15.2 Å². The topological polar surface area (TPSA) is 58.6 Å². The Hall–Kier alpha value is -2.07. The van der Waals surface area contributed by atoms with E-state index in [4.69, 9.17) is 4.74 Å². The molecule has 4 heteroatoms. The highest BCUT2D eigenvalue weighted by Crippen LogP contribution is 2.25. The number of methoxy groups -OCH3 is 1. The molecule has 0 saturated carbocycles. The van der Waals surface area contributed by atoms with E-state index in [9.17, 15) is 9.90 Å². The number of benzene rings is 2. The summed E-state index contributed by atoms with van der Waals surface area (Å²) in [5.41, 5.74) is 0.333. The lowest BCUT2D eigenvalue weighted by atomic mass is 9.95. The van der Waals surface area contributed by atoms with Crippen molar-refractivity contribution in [3.8, 4) is 5.75 Å². The second-order valence-corrected chi connectivity index (χ2v) is 6.23. The van der Waals surface area contributed by atoms with Gasteiger partial charge >= 0.3 is 0 Å². The third kappa shape index (κ3) is 3.57. The van der Waals surface area contributed by atoms with E-state index < -0.39 is 5.54 Å². The predicted molar refractivity (Wildman–Crippen MR) is 88.2 cm³/mol. The van der Waals surface area contributed by atoms with E-state index in [1.54, 1.807) is 21.0 Å². The molecule has 0 unspecified atom stereocenters. The first-order valence-electron chi connectivity index (χ1n) is 7.37. The van der Waals surface area contributed by atoms with Crippen molar-refractivity contribution in [2.45, 2.75) is 32.2 Å². The Kier molecular flexibility index (Phi) is 4.71. The number of aliphatic hydroxyl groups is 1. The summed E-state index contributed by atoms with van der Waals surface area (Å²) < 4.78 is 5.22. The van der Waals surface area contributed by atoms with Crippen LogP contribution in [0.2, 0.25) is 0 Å². The van der Waals surface area contributed by atoms with Crippen LogP contribution in [-0.4, -0.2) is 30.3 Å². The van der Waals surface area contributed by atoms with Gasteiger partial charge in [-0.2, -0.15) is 0 Å². The Bertz CT molecular complexity index is 679. The van der Waals surface area contributed by atoms with Crippen molar-refractivity contribution in [1.82, 2.24) is 5.32 Å². The van der Waals surface area contributed by atoms with Crippen LogP contribution in [0.15, 0.2) is 36.4 Å². The van der Waals surface area contributed by atoms with E-state index in [0.29, 0.717) is 0 Å². The van der Waals surface area contributed by atoms with Crippen LogP contribution in [0.25, 0.3) is 10.8 Å². The lowest BCUT2D eigenvalue weighted by Crippen LogP contribution is -2.47. The molecule has 0 aliphatic rings. The predicted octanol–water partition coefficient (Wildman–Crippen LogP) is 2.84. The zero-order valence-electron chi connectivity index (χ0n) is 13.5. The molecule has 1 amide bonds. The standard InChI is InChI=1S/C18H23NO3/c1-12(17(21)19-18(2,3)11-20)13-5-6-15-10-16(22-4)8-7-14(15)9-13/h5-10,12,20H,11H2,1-4H3,(H,19,21)/t12-/m0/s1. The average molecular weight is 301 g/mol. The minimum Gasteiger partial charge on any atom is -0.497 e. The van der Waals surface area contributed by atoms with Crippen LogP contribution < -0.4 is 10.1 Å². The molecular formula is C18H23NO3. The van der Waals surface area contributed by atoms with Gasteiger partial charge in [-0.1, -0.05) is 24.3 Å². The molecule has 2 aromatic carbocycles. The lowest BCUT2D eigenvalue weighted by molar-refractivity contribution is -0.124. The van der Waals surface area contributed by atoms with Gasteiger partial charge in [0, 0.05) is 0 Å². The quantitative estimate of drug-likeness (QED) is 0.893. The van der Waals surface area contributed by atoms with Crippen LogP contribution in [0, 0.1) is 0 Å². The fourth-order valence-corrected chi connectivity index (χ4v) is 2.27. The second kappa shape index (κ2) is 6.36. The summed E-state index contributed by atoms with van der Waals surface area (Å²) >= 11 is 0. The molecule has 0 saturated heterocycles. The molecule has 1 atom stereocenters. The Morgan fingerprint density at radius 1 is 1.23 bits per heavy atom. The normalized spacial score (nSPS) is 13.0. The van der Waals surface area contributed by atoms with Crippen LogP contribution in [0.4, 0.5) is 0 Å². The van der Waals surface area contributed by atoms with Crippen molar-refractivity contribution in [1.29, 1.82) is 0 Å². The first kappa shape index (κ1) is 16.3. The van der Waals surface area contributed by atoms with Gasteiger partial charge in [0.05, 0.1) is 25.2 Å². The van der Waals surface area contributed by atoms with E-state index in [1.165, 1.54) is 0 Å². The number of carbonyl (C=O) groups is 1. The largest absolute Gasteiger partial charge is 0.497 e. The van der Waals surface area contributed by atoms with Crippen LogP contribution >= 0.6 is 0 Å². The number of rotatable bonds is 5. The highest BCUT2D eigenvalue weighted by Gasteiger charge is 2.23. The van der Waals surface area contributed by atoms with Crippen molar-refractivity contribution in [2.75, 3.05) is 13.7 Å². The number of carbonyl (C=O) groups excluding carboxylic acids is 1. The summed E-state index contributed by atoms with van der Waals surface area (Å²) in [6, 6.07) is 11.8. The van der Waals surface area contributed by atoms with Crippen LogP contribution in [0.5, 0.6) is 5.75 Å². The first-order chi connectivity index (χ1) is 10.4. The highest BCUT2D eigenvalue weighted by molar-refractivity contribution is 5.88. The fourth-order valence-electron chi connectivity index (χ4n) is 2.27. The van der Waals surface area contributed by atoms with Crippen molar-refractivity contribution in [2.24, 2.45) is 0 Å². The first-order valence-corrected chi connectivity index (χ1v) is 7.37. The molecule has 0 radical (unpaired) electrons. The molecule has 0 bridgehead atoms. The maximum atomic E-state index is 12.3. The third-order valence-corrected chi connectivity index (χ3v) is 3.82. The smallest absolute Gasteiger partial charge is 0.227 e. The maximum absolute atomic E-state index is 12.3. The molecule has 2 N–H and O–H groups in total. The Labute approximate surface area is 131 Å². The summed E-state index contributed by atoms with van der Waals surface area (Å²) in [5, 5.41) is 14.3. The van der Waals surface area contributed by atoms with Gasteiger partial charge in [0.15, 0.2) is 0 Å². The minimum atomic E-state index is -0.616. The van der Waals surface area contributed by atoms with Crippen molar-refractivity contribution < 1.29 is 14.6 Å². The van der Waals surface area contributed by atoms with Crippen LogP contribution in [0.1, 0.15) is 32.3 Å². The fraction of sp³-hybridized carbons (Fsp3) is 0.389. The number of ether oxygens (including phenoxy) is 1. The number of nitrogens with one attached hydrogen (secondary N) is 1. The van der Waals surface area contributed by atoms with Crippen LogP contribution in [0.3, 0.4) is 0 Å². The van der Waals surface area contributed by atoms with Gasteiger partial charge in [0.1, 0.15) is 5.75 Å². The van der Waals surface area contributed by atoms with Gasteiger partial charge in [-0.05, 0) is 49.2 Å². The van der Waals surface area contributed by atoms with Gasteiger partial charge in [0.25, 0.3) is 0 Å². The summed E-state index contributed by atoms with van der Waals surface area (Å²) in [5.74, 6) is 0.444. The number of aliphatic hydroxyl groups excluding tert-OH is 1. The Balaban J connectivity index is 2.25. The second-order valence-electron chi connectivity index (χ2n) is 6.23. The summed E-state index contributed by atoms with van der Waals surface area (Å²) in [6.07, 6.45) is 0. The summed E-state index contributed by atoms with van der Waals surface area (Å²) in [7, 11) is 1.64. The van der Waals surface area contributed by atoms with Gasteiger partial charge in [-0.3, -0.25) is 4.79 Å². The molecule has 0 fully saturated rings. The highest BCUT2D eigenvalue weighted by atomic mass is 16.5. The summed E-state index contributed by atoms with van der Waals surface area (Å²) in [6.45, 7) is 5.37. The molecule has 4 nitrogen and oxygen atoms in total. The van der Waals surface area contributed by atoms with Gasteiger partial charge in [0.2, 0.25) is 5.91 Å². The monoisotopic (exact) mass is 301 g/mol. The van der Waals surface area contributed by atoms with E-state index in [-0.39, 0.29) is 18.4 Å². The molecule has 2 aromatic rings. The number of fused-ring (bicyclic) bond motifs is 1. The number of amides is 1. The third-order valence-electron chi connectivity index (χ3n) is 3.82. The molecule has 118 valence electrons. The van der Waals surface area contributed by atoms with Crippen molar-refractivity contribution in [3.05, 3.63) is 42.0 Å². The molecule has 22 heavy (non-hydrogen) atoms. The molecule has 0 heterocycles. The van der Waals surface area contributed by atoms with E-state index in [1.807, 2.05) is 43.3 Å². The lowest BCUT2D eigenvalue weighted by Gasteiger charge is -2.25. The van der Waals surface area contributed by atoms with Crippen molar-refractivity contribution >= 4 is 16.7 Å². The Morgan fingerprint density at radius 3 is 2.50 bits per heavy atom. The minimum absolute atomic E-state index is 0.0908. The van der Waals surface area contributed by atoms with E-state index >= 15 is 0 Å². The van der Waals surface area contributed by atoms with Gasteiger partial charge in [-0.15, -0.1) is 0 Å². The van der Waals surface area contributed by atoms with Crippen LogP contribution in [-0.2, 0) is 4.79 Å². The van der Waals surface area contributed by atoms with Gasteiger partial charge in [-0.25, -0.2) is 0 Å². The SMILES string of the molecule is COc1ccc2cc([C@H](C)C(=O)NC(C)(C)CO)ccc2c1. The van der Waals surface area contributed by atoms with E-state index in [2.05, 4.69) is 5.32 Å². The molecule has 2 rings (SSSR count). The average Bonchev–Trinajstić information content (AvgIpc) is 2.52. The number of hydrogen-bond acceptors (Lipinski definition) is 3. The molecule has 0 aromatic heterocycles. The molecular weight excluding hydrogens is 278 g/mol. The van der Waals surface area contributed by atoms with Crippen molar-refractivity contribution in [3.63, 3.8) is 0 Å². The molecule has 0 spiro atoms.